The lowest BCUT2D eigenvalue weighted by Crippen LogP contribution is -2.63. The molecule has 3 saturated heterocycles. The van der Waals surface area contributed by atoms with E-state index >= 15 is 0 Å². The van der Waals surface area contributed by atoms with Gasteiger partial charge < -0.3 is 18.7 Å². The zero-order chi connectivity index (χ0) is 23.7. The van der Waals surface area contributed by atoms with Crippen LogP contribution in [0.4, 0.5) is 0 Å². The van der Waals surface area contributed by atoms with Crippen molar-refractivity contribution >= 4 is 11.3 Å². The Kier molecular flexibility index (Phi) is 6.56. The summed E-state index contributed by atoms with van der Waals surface area (Å²) in [5.74, 6) is 2.18. The molecule has 1 N–H and O–H groups in total. The average Bonchev–Trinajstić information content (AvgIpc) is 3.61. The van der Waals surface area contributed by atoms with Gasteiger partial charge in [0, 0.05) is 24.7 Å². The number of aliphatic hydroxyl groups is 1. The molecule has 0 unspecified atom stereocenters. The summed E-state index contributed by atoms with van der Waals surface area (Å²) in [7, 11) is 0. The second kappa shape index (κ2) is 9.81. The van der Waals surface area contributed by atoms with Crippen LogP contribution in [0.5, 0.6) is 0 Å². The molecule has 2 aromatic heterocycles. The molecule has 0 amide bonds. The normalized spacial score (nSPS) is 28.7. The first-order valence-corrected chi connectivity index (χ1v) is 14.3. The Hall–Kier alpha value is -1.99. The van der Waals surface area contributed by atoms with Crippen molar-refractivity contribution in [2.75, 3.05) is 19.6 Å². The van der Waals surface area contributed by atoms with Crippen LogP contribution in [0.15, 0.2) is 57.8 Å². The summed E-state index contributed by atoms with van der Waals surface area (Å²) < 4.78 is 13.9. The van der Waals surface area contributed by atoms with Crippen molar-refractivity contribution in [3.8, 4) is 0 Å². The number of hydrogen-bond acceptors (Lipinski definition) is 5. The van der Waals surface area contributed by atoms with Gasteiger partial charge in [0.2, 0.25) is 5.89 Å². The molecule has 7 rings (SSSR count). The van der Waals surface area contributed by atoms with E-state index in [0.717, 1.165) is 54.6 Å². The van der Waals surface area contributed by atoms with Gasteiger partial charge in [0.05, 0.1) is 25.9 Å². The Bertz CT molecular complexity index is 1080. The van der Waals surface area contributed by atoms with Crippen molar-refractivity contribution < 1.29 is 18.7 Å². The maximum Gasteiger partial charge on any atom is 0.231 e. The van der Waals surface area contributed by atoms with E-state index in [-0.39, 0.29) is 5.92 Å². The van der Waals surface area contributed by atoms with E-state index in [2.05, 4.69) is 16.8 Å². The standard InChI is InChI=1S/C29H37N2O3S/c32-29(24-7-3-1-4-8-24,25-9-5-2-6-10-25)28-30-17-26(34-28)18-31-14-11-23(12-15-31)27(19-31)33-20-22-13-16-35-21-22/h1,3-4,7-8,13,16-17,21,23,25,27,32H,2,5-6,9-12,14-15,18-20H2/q+1/t23?,27-,29-,31?/m0/s1. The molecule has 1 aromatic carbocycles. The van der Waals surface area contributed by atoms with Gasteiger partial charge in [-0.15, -0.1) is 0 Å². The number of nitrogens with zero attached hydrogens (tertiary/aromatic N) is 2. The predicted molar refractivity (Wildman–Crippen MR) is 137 cm³/mol. The largest absolute Gasteiger partial charge is 0.436 e. The molecule has 3 aromatic rings. The van der Waals surface area contributed by atoms with Crippen LogP contribution >= 0.6 is 11.3 Å². The molecule has 4 aliphatic rings. The highest BCUT2D eigenvalue weighted by molar-refractivity contribution is 7.07. The summed E-state index contributed by atoms with van der Waals surface area (Å²) >= 11 is 1.73. The van der Waals surface area contributed by atoms with Crippen LogP contribution in [0.25, 0.3) is 0 Å². The molecule has 1 saturated carbocycles. The van der Waals surface area contributed by atoms with Gasteiger partial charge in [-0.3, -0.25) is 0 Å². The number of quaternary nitrogens is 1. The summed E-state index contributed by atoms with van der Waals surface area (Å²) in [6.45, 7) is 4.92. The van der Waals surface area contributed by atoms with Gasteiger partial charge in [-0.2, -0.15) is 11.3 Å². The van der Waals surface area contributed by atoms with Crippen molar-refractivity contribution in [3.05, 3.63) is 76.1 Å². The van der Waals surface area contributed by atoms with E-state index in [9.17, 15) is 5.11 Å². The van der Waals surface area contributed by atoms with Crippen molar-refractivity contribution in [3.63, 3.8) is 0 Å². The molecule has 186 valence electrons. The Morgan fingerprint density at radius 3 is 2.60 bits per heavy atom. The molecule has 4 fully saturated rings. The smallest absolute Gasteiger partial charge is 0.231 e. The van der Waals surface area contributed by atoms with E-state index < -0.39 is 5.60 Å². The third-order valence-electron chi connectivity index (χ3n) is 8.87. The number of ether oxygens (including phenoxy) is 1. The van der Waals surface area contributed by atoms with Gasteiger partial charge in [0.25, 0.3) is 0 Å². The van der Waals surface area contributed by atoms with Gasteiger partial charge in [-0.1, -0.05) is 49.6 Å². The van der Waals surface area contributed by atoms with Crippen molar-refractivity contribution in [1.29, 1.82) is 0 Å². The van der Waals surface area contributed by atoms with E-state index in [1.807, 2.05) is 36.5 Å². The molecule has 0 spiro atoms. The fourth-order valence-corrected chi connectivity index (χ4v) is 7.50. The summed E-state index contributed by atoms with van der Waals surface area (Å²) in [5, 5.41) is 16.5. The molecular weight excluding hydrogens is 456 g/mol. The summed E-state index contributed by atoms with van der Waals surface area (Å²) in [6, 6.07) is 12.2. The minimum absolute atomic E-state index is 0.137. The average molecular weight is 494 g/mol. The molecule has 6 heteroatoms. The SMILES string of the molecule is O[C@](c1ccccc1)(c1ncc(C[N+]23CCC(CC2)[C@@H](OCc2ccsc2)C3)o1)C1CCCCC1. The Balaban J connectivity index is 1.21. The Labute approximate surface area is 212 Å². The van der Waals surface area contributed by atoms with E-state index in [0.29, 0.717) is 24.5 Å². The third-order valence-corrected chi connectivity index (χ3v) is 9.60. The first kappa shape index (κ1) is 23.4. The van der Waals surface area contributed by atoms with Crippen LogP contribution in [0, 0.1) is 11.8 Å². The lowest BCUT2D eigenvalue weighted by Gasteiger charge is -2.52. The van der Waals surface area contributed by atoms with Crippen LogP contribution in [0.1, 0.15) is 67.7 Å². The number of piperidine rings is 3. The van der Waals surface area contributed by atoms with Crippen LogP contribution in [-0.4, -0.2) is 40.3 Å². The van der Waals surface area contributed by atoms with E-state index in [4.69, 9.17) is 14.1 Å². The fourth-order valence-electron chi connectivity index (χ4n) is 6.84. The summed E-state index contributed by atoms with van der Waals surface area (Å²) in [4.78, 5) is 4.72. The van der Waals surface area contributed by atoms with Gasteiger partial charge in [-0.25, -0.2) is 4.98 Å². The molecule has 5 heterocycles. The zero-order valence-electron chi connectivity index (χ0n) is 20.5. The van der Waals surface area contributed by atoms with Gasteiger partial charge in [0.1, 0.15) is 19.2 Å². The summed E-state index contributed by atoms with van der Waals surface area (Å²) in [5.41, 5.74) is 1.01. The maximum atomic E-state index is 12.1. The number of benzene rings is 1. The molecule has 2 bridgehead atoms. The Morgan fingerprint density at radius 1 is 1.06 bits per heavy atom. The van der Waals surface area contributed by atoms with Crippen LogP contribution in [-0.2, 0) is 23.5 Å². The summed E-state index contributed by atoms with van der Waals surface area (Å²) in [6.07, 6.45) is 10.2. The molecule has 5 nitrogen and oxygen atoms in total. The van der Waals surface area contributed by atoms with Gasteiger partial charge in [0.15, 0.2) is 11.4 Å². The van der Waals surface area contributed by atoms with Crippen molar-refractivity contribution in [2.45, 2.75) is 69.8 Å². The van der Waals surface area contributed by atoms with Crippen molar-refractivity contribution in [2.24, 2.45) is 11.8 Å². The number of aromatic nitrogens is 1. The van der Waals surface area contributed by atoms with Gasteiger partial charge >= 0.3 is 0 Å². The molecule has 1 aliphatic carbocycles. The molecule has 35 heavy (non-hydrogen) atoms. The first-order chi connectivity index (χ1) is 17.1. The van der Waals surface area contributed by atoms with Crippen LogP contribution < -0.4 is 0 Å². The van der Waals surface area contributed by atoms with Crippen LogP contribution in [0.3, 0.4) is 0 Å². The molecular formula is C29H37N2O3S+. The van der Waals surface area contributed by atoms with E-state index in [1.165, 1.54) is 37.9 Å². The second-order valence-electron chi connectivity index (χ2n) is 11.0. The lowest BCUT2D eigenvalue weighted by molar-refractivity contribution is -0.959. The fraction of sp³-hybridized carbons (Fsp3) is 0.552. The molecule has 2 atom stereocenters. The third kappa shape index (κ3) is 4.62. The molecule has 3 aliphatic heterocycles. The highest BCUT2D eigenvalue weighted by Crippen LogP contribution is 2.44. The zero-order valence-corrected chi connectivity index (χ0v) is 21.3. The number of fused-ring (bicyclic) bond motifs is 3. The topological polar surface area (TPSA) is 55.5 Å². The minimum atomic E-state index is -1.17. The highest BCUT2D eigenvalue weighted by Gasteiger charge is 2.48. The quantitative estimate of drug-likeness (QED) is 0.398. The second-order valence-corrected chi connectivity index (χ2v) is 11.8. The predicted octanol–water partition coefficient (Wildman–Crippen LogP) is 5.88. The van der Waals surface area contributed by atoms with Gasteiger partial charge in [-0.05, 0) is 40.8 Å². The number of hydrogen-bond donors (Lipinski definition) is 1. The maximum absolute atomic E-state index is 12.1. The van der Waals surface area contributed by atoms with E-state index in [1.54, 1.807) is 11.3 Å². The number of oxazole rings is 1. The lowest BCUT2D eigenvalue weighted by atomic mass is 9.73. The monoisotopic (exact) mass is 493 g/mol. The first-order valence-electron chi connectivity index (χ1n) is 13.4. The molecule has 0 radical (unpaired) electrons. The highest BCUT2D eigenvalue weighted by atomic mass is 32.1. The van der Waals surface area contributed by atoms with Crippen molar-refractivity contribution in [1.82, 2.24) is 4.98 Å². The minimum Gasteiger partial charge on any atom is -0.436 e. The van der Waals surface area contributed by atoms with Crippen LogP contribution in [0.2, 0.25) is 0 Å². The number of rotatable bonds is 8. The number of thiophene rings is 1. The Morgan fingerprint density at radius 2 is 1.86 bits per heavy atom.